The van der Waals surface area contributed by atoms with E-state index in [0.29, 0.717) is 28.7 Å². The Morgan fingerprint density at radius 2 is 1.82 bits per heavy atom. The van der Waals surface area contributed by atoms with Gasteiger partial charge in [-0.1, -0.05) is 39.3 Å². The van der Waals surface area contributed by atoms with Crippen LogP contribution in [0.25, 0.3) is 0 Å². The van der Waals surface area contributed by atoms with Gasteiger partial charge in [0.05, 0.1) is 17.7 Å². The first-order valence-electron chi connectivity index (χ1n) is 14.2. The predicted molar refractivity (Wildman–Crippen MR) is 146 cm³/mol. The fourth-order valence-electron chi connectivity index (χ4n) is 6.24. The van der Waals surface area contributed by atoms with Gasteiger partial charge in [0.2, 0.25) is 5.91 Å². The Bertz CT molecular complexity index is 1200. The summed E-state index contributed by atoms with van der Waals surface area (Å²) in [6.45, 7) is 8.39. The van der Waals surface area contributed by atoms with Gasteiger partial charge in [0.1, 0.15) is 5.75 Å². The number of carboxylic acids is 1. The zero-order valence-corrected chi connectivity index (χ0v) is 23.4. The number of nitrogens with zero attached hydrogens (tertiary/aromatic N) is 2. The highest BCUT2D eigenvalue weighted by atomic mass is 19.4. The number of carbonyl (C=O) groups is 2. The second-order valence-corrected chi connectivity index (χ2v) is 11.3. The fraction of sp³-hybridized carbons (Fsp3) is 0.548. The number of aromatic carboxylic acids is 1. The molecule has 6 nitrogen and oxygen atoms in total. The highest BCUT2D eigenvalue weighted by molar-refractivity contribution is 5.87. The van der Waals surface area contributed by atoms with E-state index in [0.717, 1.165) is 56.5 Å². The van der Waals surface area contributed by atoms with Crippen LogP contribution in [0.3, 0.4) is 0 Å². The second-order valence-electron chi connectivity index (χ2n) is 11.3. The van der Waals surface area contributed by atoms with Gasteiger partial charge in [0, 0.05) is 24.1 Å². The van der Waals surface area contributed by atoms with Crippen LogP contribution in [0.5, 0.6) is 5.75 Å². The molecular weight excluding hydrogens is 521 g/mol. The molecule has 0 aromatic heterocycles. The number of rotatable bonds is 4. The SMILES string of the molecule is CCC.C[C@@H]1CN(C2CCC(C(=O)N3COc4ccc(C(F)(F)F)cc4C3)C2)CCC1c1cccc(C(=O)O)c1. The van der Waals surface area contributed by atoms with Crippen LogP contribution in [-0.4, -0.2) is 52.6 Å². The monoisotopic (exact) mass is 560 g/mol. The highest BCUT2D eigenvalue weighted by Crippen LogP contribution is 2.39. The van der Waals surface area contributed by atoms with Gasteiger partial charge in [-0.05, 0) is 80.0 Å². The van der Waals surface area contributed by atoms with Gasteiger partial charge in [-0.15, -0.1) is 0 Å². The lowest BCUT2D eigenvalue weighted by molar-refractivity contribution is -0.140. The van der Waals surface area contributed by atoms with E-state index >= 15 is 0 Å². The normalized spacial score (nSPS) is 24.9. The number of hydrogen-bond donors (Lipinski definition) is 1. The van der Waals surface area contributed by atoms with Gasteiger partial charge in [-0.25, -0.2) is 4.79 Å². The lowest BCUT2D eigenvalue weighted by Gasteiger charge is -2.40. The maximum Gasteiger partial charge on any atom is 0.416 e. The molecule has 2 fully saturated rings. The summed E-state index contributed by atoms with van der Waals surface area (Å²) in [5.41, 5.74) is 1.01. The van der Waals surface area contributed by atoms with Crippen LogP contribution in [0.1, 0.15) is 85.8 Å². The van der Waals surface area contributed by atoms with Crippen molar-refractivity contribution in [2.24, 2.45) is 11.8 Å². The van der Waals surface area contributed by atoms with E-state index in [9.17, 15) is 27.9 Å². The molecule has 2 aliphatic heterocycles. The van der Waals surface area contributed by atoms with Crippen molar-refractivity contribution < 1.29 is 32.6 Å². The zero-order chi connectivity index (χ0) is 29.0. The van der Waals surface area contributed by atoms with Crippen LogP contribution in [0, 0.1) is 11.8 Å². The fourth-order valence-corrected chi connectivity index (χ4v) is 6.24. The molecule has 1 aliphatic carbocycles. The maximum absolute atomic E-state index is 13.3. The van der Waals surface area contributed by atoms with E-state index in [-0.39, 0.29) is 31.1 Å². The van der Waals surface area contributed by atoms with E-state index in [1.165, 1.54) is 17.4 Å². The molecule has 0 bridgehead atoms. The average molecular weight is 561 g/mol. The number of carboxylic acid groups (broad SMARTS) is 1. The number of halogens is 3. The number of hydrogen-bond acceptors (Lipinski definition) is 4. The maximum atomic E-state index is 13.3. The standard InChI is InChI=1S/C28H31F3N2O4.C3H8/c1-17-14-32(10-9-24(17)18-3-2-4-20(11-18)27(35)36)23-7-5-19(13-23)26(34)33-15-21-12-22(28(29,30)31)6-8-25(21)37-16-33;1-3-2/h2-4,6,8,11-12,17,19,23-24H,5,7,9-10,13-16H2,1H3,(H,35,36);3H2,1-2H3/t17-,19?,23?,24?;/m1./s1. The third-order valence-corrected chi connectivity index (χ3v) is 8.21. The topological polar surface area (TPSA) is 70.1 Å². The van der Waals surface area contributed by atoms with Crippen molar-refractivity contribution in [3.05, 3.63) is 64.7 Å². The third-order valence-electron chi connectivity index (χ3n) is 8.21. The van der Waals surface area contributed by atoms with Gasteiger partial charge in [-0.2, -0.15) is 13.2 Å². The van der Waals surface area contributed by atoms with Gasteiger partial charge in [0.25, 0.3) is 0 Å². The summed E-state index contributed by atoms with van der Waals surface area (Å²) in [6, 6.07) is 10.9. The van der Waals surface area contributed by atoms with Gasteiger partial charge >= 0.3 is 12.1 Å². The van der Waals surface area contributed by atoms with Crippen LogP contribution in [0.2, 0.25) is 0 Å². The number of ether oxygens (including phenoxy) is 1. The Kier molecular flexibility index (Phi) is 9.44. The van der Waals surface area contributed by atoms with E-state index in [1.807, 2.05) is 6.07 Å². The third kappa shape index (κ3) is 6.79. The van der Waals surface area contributed by atoms with E-state index in [4.69, 9.17) is 4.74 Å². The molecular formula is C31H39F3N2O4. The summed E-state index contributed by atoms with van der Waals surface area (Å²) < 4.78 is 45.0. The molecule has 2 aromatic carbocycles. The molecule has 1 saturated carbocycles. The van der Waals surface area contributed by atoms with Crippen LogP contribution in [-0.2, 0) is 17.5 Å². The molecule has 1 amide bonds. The Morgan fingerprint density at radius 3 is 2.50 bits per heavy atom. The molecule has 40 heavy (non-hydrogen) atoms. The average Bonchev–Trinajstić information content (AvgIpc) is 3.42. The Morgan fingerprint density at radius 1 is 1.07 bits per heavy atom. The number of likely N-dealkylation sites (tertiary alicyclic amines) is 1. The minimum Gasteiger partial charge on any atom is -0.478 e. The summed E-state index contributed by atoms with van der Waals surface area (Å²) in [4.78, 5) is 28.6. The molecule has 2 heterocycles. The van der Waals surface area contributed by atoms with Gasteiger partial charge in [-0.3, -0.25) is 4.79 Å². The minimum absolute atomic E-state index is 0.0518. The van der Waals surface area contributed by atoms with Gasteiger partial charge < -0.3 is 19.6 Å². The van der Waals surface area contributed by atoms with Crippen LogP contribution < -0.4 is 4.74 Å². The lowest BCUT2D eigenvalue weighted by Crippen LogP contribution is -2.44. The predicted octanol–water partition coefficient (Wildman–Crippen LogP) is 6.79. The molecule has 2 aromatic rings. The molecule has 218 valence electrons. The van der Waals surface area contributed by atoms with E-state index in [2.05, 4.69) is 25.7 Å². The Balaban J connectivity index is 0.00000118. The molecule has 4 atom stereocenters. The van der Waals surface area contributed by atoms with Crippen molar-refractivity contribution in [3.63, 3.8) is 0 Å². The molecule has 3 unspecified atom stereocenters. The summed E-state index contributed by atoms with van der Waals surface area (Å²) in [6.07, 6.45) is 0.133. The van der Waals surface area contributed by atoms with Crippen LogP contribution in [0.15, 0.2) is 42.5 Å². The number of alkyl halides is 3. The van der Waals surface area contributed by atoms with Crippen molar-refractivity contribution in [2.45, 2.75) is 77.6 Å². The van der Waals surface area contributed by atoms with E-state index in [1.54, 1.807) is 18.2 Å². The molecule has 0 spiro atoms. The number of piperidine rings is 1. The zero-order valence-electron chi connectivity index (χ0n) is 23.4. The Labute approximate surface area is 234 Å². The second kappa shape index (κ2) is 12.6. The Hall–Kier alpha value is -3.07. The molecule has 1 N–H and O–H groups in total. The van der Waals surface area contributed by atoms with Crippen molar-refractivity contribution in [3.8, 4) is 5.75 Å². The van der Waals surface area contributed by atoms with Crippen molar-refractivity contribution >= 4 is 11.9 Å². The first kappa shape index (κ1) is 29.9. The quantitative estimate of drug-likeness (QED) is 0.446. The summed E-state index contributed by atoms with van der Waals surface area (Å²) in [5.74, 6) is -0.104. The van der Waals surface area contributed by atoms with Crippen molar-refractivity contribution in [2.75, 3.05) is 19.8 Å². The minimum atomic E-state index is -4.44. The summed E-state index contributed by atoms with van der Waals surface area (Å²) in [5, 5.41) is 9.32. The molecule has 3 aliphatic rings. The largest absolute Gasteiger partial charge is 0.478 e. The number of amides is 1. The van der Waals surface area contributed by atoms with Crippen molar-refractivity contribution in [1.82, 2.24) is 9.80 Å². The summed E-state index contributed by atoms with van der Waals surface area (Å²) in [7, 11) is 0. The molecule has 5 rings (SSSR count). The van der Waals surface area contributed by atoms with E-state index < -0.39 is 17.7 Å². The number of benzene rings is 2. The first-order valence-corrected chi connectivity index (χ1v) is 14.2. The molecule has 1 saturated heterocycles. The first-order chi connectivity index (χ1) is 19.0. The number of fused-ring (bicyclic) bond motifs is 1. The van der Waals surface area contributed by atoms with Gasteiger partial charge in [0.15, 0.2) is 6.73 Å². The van der Waals surface area contributed by atoms with Crippen molar-refractivity contribution in [1.29, 1.82) is 0 Å². The smallest absolute Gasteiger partial charge is 0.416 e. The lowest BCUT2D eigenvalue weighted by atomic mass is 9.80. The van der Waals surface area contributed by atoms with Crippen LogP contribution >= 0.6 is 0 Å². The van der Waals surface area contributed by atoms with Crippen LogP contribution in [0.4, 0.5) is 13.2 Å². The summed E-state index contributed by atoms with van der Waals surface area (Å²) >= 11 is 0. The number of carbonyl (C=O) groups excluding carboxylic acids is 1. The highest BCUT2D eigenvalue weighted by Gasteiger charge is 2.39. The molecule has 9 heteroatoms. The molecule has 0 radical (unpaired) electrons.